The molecule has 2 aromatic rings. The molecule has 0 unspecified atom stereocenters. The maximum atomic E-state index is 11.0. The fourth-order valence-electron chi connectivity index (χ4n) is 1.70. The lowest BCUT2D eigenvalue weighted by molar-refractivity contribution is 0.0691. The van der Waals surface area contributed by atoms with Gasteiger partial charge in [0.05, 0.1) is 0 Å². The number of carboxylic acid groups (broad SMARTS) is 1. The van der Waals surface area contributed by atoms with E-state index in [4.69, 9.17) is 28.3 Å². The van der Waals surface area contributed by atoms with Gasteiger partial charge in [-0.25, -0.2) is 14.8 Å². The second-order valence-electron chi connectivity index (χ2n) is 4.01. The molecule has 0 radical (unpaired) electrons. The molecule has 1 aromatic heterocycles. The summed E-state index contributed by atoms with van der Waals surface area (Å²) in [6.07, 6.45) is 3.41. The van der Waals surface area contributed by atoms with Crippen LogP contribution in [0.25, 0.3) is 0 Å². The van der Waals surface area contributed by atoms with E-state index in [0.717, 1.165) is 5.56 Å². The second-order valence-corrected chi connectivity index (χ2v) is 4.89. The Morgan fingerprint density at radius 2 is 1.80 bits per heavy atom. The van der Waals surface area contributed by atoms with Gasteiger partial charge in [-0.3, -0.25) is 0 Å². The van der Waals surface area contributed by atoms with Crippen molar-refractivity contribution < 1.29 is 9.90 Å². The summed E-state index contributed by atoms with van der Waals surface area (Å²) in [6.45, 7) is 0.496. The van der Waals surface area contributed by atoms with Gasteiger partial charge in [0.15, 0.2) is 11.5 Å². The summed E-state index contributed by atoms with van der Waals surface area (Å²) in [7, 11) is 0. The van der Waals surface area contributed by atoms with Crippen LogP contribution < -0.4 is 5.32 Å². The fraction of sp³-hybridized carbons (Fsp3) is 0.154. The van der Waals surface area contributed by atoms with Crippen molar-refractivity contribution in [3.8, 4) is 0 Å². The molecule has 104 valence electrons. The van der Waals surface area contributed by atoms with Crippen LogP contribution in [0.2, 0.25) is 10.0 Å². The smallest absolute Gasteiger partial charge is 0.358 e. The first kappa shape index (κ1) is 14.6. The van der Waals surface area contributed by atoms with Gasteiger partial charge in [0.25, 0.3) is 0 Å². The van der Waals surface area contributed by atoms with E-state index in [9.17, 15) is 4.79 Å². The number of carbonyl (C=O) groups is 1. The molecule has 2 N–H and O–H groups in total. The van der Waals surface area contributed by atoms with Crippen LogP contribution in [0.3, 0.4) is 0 Å². The van der Waals surface area contributed by atoms with Crippen molar-refractivity contribution in [1.29, 1.82) is 0 Å². The maximum absolute atomic E-state index is 11.0. The Labute approximate surface area is 125 Å². The van der Waals surface area contributed by atoms with Crippen molar-refractivity contribution in [2.24, 2.45) is 0 Å². The van der Waals surface area contributed by atoms with Crippen molar-refractivity contribution in [3.05, 3.63) is 51.9 Å². The van der Waals surface area contributed by atoms with Gasteiger partial charge in [0.1, 0.15) is 0 Å². The zero-order valence-electron chi connectivity index (χ0n) is 10.3. The highest BCUT2D eigenvalue weighted by molar-refractivity contribution is 6.34. The van der Waals surface area contributed by atoms with Crippen LogP contribution in [0.1, 0.15) is 16.1 Å². The van der Waals surface area contributed by atoms with Crippen molar-refractivity contribution in [3.63, 3.8) is 0 Å². The average Bonchev–Trinajstić information content (AvgIpc) is 2.38. The lowest BCUT2D eigenvalue weighted by atomic mass is 10.1. The molecule has 1 aromatic carbocycles. The van der Waals surface area contributed by atoms with Gasteiger partial charge in [0.2, 0.25) is 0 Å². The standard InChI is InChI=1S/C13H11Cl2N3O2/c14-9-5-8(6-10(15)7-9)1-2-17-12-11(13(19)20)16-3-4-18-12/h3-7H,1-2H2,(H,17,18)(H,19,20). The number of anilines is 1. The number of nitrogens with zero attached hydrogens (tertiary/aromatic N) is 2. The number of nitrogens with one attached hydrogen (secondary N) is 1. The van der Waals surface area contributed by atoms with Crippen molar-refractivity contribution in [1.82, 2.24) is 9.97 Å². The Morgan fingerprint density at radius 3 is 2.45 bits per heavy atom. The first-order chi connectivity index (χ1) is 9.56. The SMILES string of the molecule is O=C(O)c1nccnc1NCCc1cc(Cl)cc(Cl)c1. The monoisotopic (exact) mass is 311 g/mol. The lowest BCUT2D eigenvalue weighted by Gasteiger charge is -2.08. The molecular formula is C13H11Cl2N3O2. The zero-order chi connectivity index (χ0) is 14.5. The minimum Gasteiger partial charge on any atom is -0.476 e. The summed E-state index contributed by atoms with van der Waals surface area (Å²) in [5.74, 6) is -0.875. The summed E-state index contributed by atoms with van der Waals surface area (Å²) in [5.41, 5.74) is 0.854. The quantitative estimate of drug-likeness (QED) is 0.887. The minimum absolute atomic E-state index is 0.100. The molecule has 0 aliphatic heterocycles. The van der Waals surface area contributed by atoms with Crippen LogP contribution >= 0.6 is 23.2 Å². The number of aromatic nitrogens is 2. The summed E-state index contributed by atoms with van der Waals surface area (Å²) < 4.78 is 0. The Morgan fingerprint density at radius 1 is 1.15 bits per heavy atom. The number of hydrogen-bond donors (Lipinski definition) is 2. The molecule has 0 aliphatic carbocycles. The molecule has 0 saturated carbocycles. The summed E-state index contributed by atoms with van der Waals surface area (Å²) in [6, 6.07) is 5.28. The molecule has 0 spiro atoms. The van der Waals surface area contributed by atoms with E-state index < -0.39 is 5.97 Å². The second kappa shape index (κ2) is 6.54. The van der Waals surface area contributed by atoms with Crippen molar-refractivity contribution >= 4 is 35.0 Å². The van der Waals surface area contributed by atoms with E-state index >= 15 is 0 Å². The van der Waals surface area contributed by atoms with Gasteiger partial charge in [-0.2, -0.15) is 0 Å². The molecule has 5 nitrogen and oxygen atoms in total. The highest BCUT2D eigenvalue weighted by atomic mass is 35.5. The predicted octanol–water partition coefficient (Wildman–Crippen LogP) is 3.14. The van der Waals surface area contributed by atoms with Crippen LogP contribution in [-0.2, 0) is 6.42 Å². The van der Waals surface area contributed by atoms with Gasteiger partial charge < -0.3 is 10.4 Å². The summed E-state index contributed by atoms with van der Waals surface area (Å²) in [4.78, 5) is 18.7. The molecule has 0 atom stereocenters. The predicted molar refractivity (Wildman–Crippen MR) is 77.6 cm³/mol. The van der Waals surface area contributed by atoms with Gasteiger partial charge in [-0.1, -0.05) is 23.2 Å². The number of carboxylic acids is 1. The van der Waals surface area contributed by atoms with E-state index in [1.54, 1.807) is 6.07 Å². The van der Waals surface area contributed by atoms with Gasteiger partial charge in [-0.05, 0) is 30.2 Å². The Bertz CT molecular complexity index is 615. The largest absolute Gasteiger partial charge is 0.476 e. The van der Waals surface area contributed by atoms with Gasteiger partial charge in [0, 0.05) is 29.0 Å². The molecule has 7 heteroatoms. The third-order valence-electron chi connectivity index (χ3n) is 2.53. The third kappa shape index (κ3) is 3.82. The maximum Gasteiger partial charge on any atom is 0.358 e. The summed E-state index contributed by atoms with van der Waals surface area (Å²) in [5, 5.41) is 13.1. The van der Waals surface area contributed by atoms with Crippen LogP contribution in [0.4, 0.5) is 5.82 Å². The average molecular weight is 312 g/mol. The fourth-order valence-corrected chi connectivity index (χ4v) is 2.28. The van der Waals surface area contributed by atoms with Gasteiger partial charge in [-0.15, -0.1) is 0 Å². The number of rotatable bonds is 5. The van der Waals surface area contributed by atoms with Crippen LogP contribution in [-0.4, -0.2) is 27.6 Å². The lowest BCUT2D eigenvalue weighted by Crippen LogP contribution is -2.12. The van der Waals surface area contributed by atoms with Crippen molar-refractivity contribution in [2.45, 2.75) is 6.42 Å². The molecular weight excluding hydrogens is 301 g/mol. The molecule has 0 aliphatic rings. The molecule has 2 rings (SSSR count). The van der Waals surface area contributed by atoms with Crippen LogP contribution in [0, 0.1) is 0 Å². The van der Waals surface area contributed by atoms with E-state index in [0.29, 0.717) is 23.0 Å². The molecule has 0 amide bonds. The van der Waals surface area contributed by atoms with Crippen LogP contribution in [0.5, 0.6) is 0 Å². The van der Waals surface area contributed by atoms with E-state index in [1.807, 2.05) is 12.1 Å². The molecule has 0 bridgehead atoms. The molecule has 0 fully saturated rings. The molecule has 0 saturated heterocycles. The minimum atomic E-state index is -1.12. The normalized spacial score (nSPS) is 10.3. The third-order valence-corrected chi connectivity index (χ3v) is 2.97. The molecule has 20 heavy (non-hydrogen) atoms. The molecule has 1 heterocycles. The Hall–Kier alpha value is -1.85. The number of hydrogen-bond acceptors (Lipinski definition) is 4. The first-order valence-corrected chi connectivity index (χ1v) is 6.55. The van der Waals surface area contributed by atoms with Gasteiger partial charge >= 0.3 is 5.97 Å². The number of halogens is 2. The Kier molecular flexibility index (Phi) is 4.76. The number of benzene rings is 1. The van der Waals surface area contributed by atoms with E-state index in [-0.39, 0.29) is 11.5 Å². The highest BCUT2D eigenvalue weighted by Crippen LogP contribution is 2.19. The van der Waals surface area contributed by atoms with Crippen LogP contribution in [0.15, 0.2) is 30.6 Å². The number of aromatic carboxylic acids is 1. The van der Waals surface area contributed by atoms with E-state index in [1.165, 1.54) is 12.4 Å². The van der Waals surface area contributed by atoms with Crippen molar-refractivity contribution in [2.75, 3.05) is 11.9 Å². The Balaban J connectivity index is 2.01. The highest BCUT2D eigenvalue weighted by Gasteiger charge is 2.11. The first-order valence-electron chi connectivity index (χ1n) is 5.79. The van der Waals surface area contributed by atoms with E-state index in [2.05, 4.69) is 15.3 Å². The zero-order valence-corrected chi connectivity index (χ0v) is 11.8. The summed E-state index contributed by atoms with van der Waals surface area (Å²) >= 11 is 11.8. The topological polar surface area (TPSA) is 75.1 Å².